The topological polar surface area (TPSA) is 90.2 Å². The fraction of sp³-hybridized carbons (Fsp3) is 0.217. The smallest absolute Gasteiger partial charge is 0.119 e. The Kier molecular flexibility index (Phi) is 5.94. The van der Waals surface area contributed by atoms with E-state index in [9.17, 15) is 20.4 Å². The zero-order valence-corrected chi connectivity index (χ0v) is 15.7. The summed E-state index contributed by atoms with van der Waals surface area (Å²) in [5.41, 5.74) is 3.90. The molecule has 0 fully saturated rings. The van der Waals surface area contributed by atoms with Crippen LogP contribution in [0.1, 0.15) is 22.3 Å². The first-order valence-corrected chi connectivity index (χ1v) is 9.12. The summed E-state index contributed by atoms with van der Waals surface area (Å²) in [5.74, 6) is 0.975. The van der Waals surface area contributed by atoms with Crippen molar-refractivity contribution in [1.82, 2.24) is 0 Å². The van der Waals surface area contributed by atoms with Gasteiger partial charge in [0, 0.05) is 12.1 Å². The third-order valence-corrected chi connectivity index (χ3v) is 4.59. The monoisotopic (exact) mass is 380 g/mol. The van der Waals surface area contributed by atoms with E-state index < -0.39 is 0 Å². The van der Waals surface area contributed by atoms with Crippen LogP contribution in [0.5, 0.6) is 28.7 Å². The third kappa shape index (κ3) is 5.33. The van der Waals surface area contributed by atoms with Crippen molar-refractivity contribution in [1.29, 1.82) is 0 Å². The quantitative estimate of drug-likeness (QED) is 0.496. The van der Waals surface area contributed by atoms with Crippen LogP contribution < -0.4 is 4.74 Å². The molecule has 3 aromatic rings. The van der Waals surface area contributed by atoms with E-state index in [1.54, 1.807) is 31.4 Å². The highest BCUT2D eigenvalue weighted by Crippen LogP contribution is 2.25. The highest BCUT2D eigenvalue weighted by molar-refractivity contribution is 5.40. The molecule has 4 N–H and O–H groups in total. The normalized spacial score (nSPS) is 10.8. The number of hydrogen-bond acceptors (Lipinski definition) is 5. The molecule has 0 saturated heterocycles. The van der Waals surface area contributed by atoms with E-state index in [2.05, 4.69) is 6.07 Å². The molecule has 0 aliphatic rings. The maximum atomic E-state index is 9.62. The van der Waals surface area contributed by atoms with Crippen molar-refractivity contribution >= 4 is 0 Å². The number of hydrogen-bond donors (Lipinski definition) is 4. The molecular weight excluding hydrogens is 356 g/mol. The summed E-state index contributed by atoms with van der Waals surface area (Å²) >= 11 is 0. The second kappa shape index (κ2) is 8.57. The number of aryl methyl sites for hydroxylation is 4. The lowest BCUT2D eigenvalue weighted by atomic mass is 9.98. The van der Waals surface area contributed by atoms with E-state index in [1.807, 2.05) is 12.1 Å². The number of ether oxygens (including phenoxy) is 1. The summed E-state index contributed by atoms with van der Waals surface area (Å²) in [7, 11) is 1.63. The molecule has 146 valence electrons. The van der Waals surface area contributed by atoms with Gasteiger partial charge in [-0.1, -0.05) is 6.07 Å². The van der Waals surface area contributed by atoms with Crippen LogP contribution in [-0.4, -0.2) is 27.5 Å². The molecule has 0 aliphatic carbocycles. The lowest BCUT2D eigenvalue weighted by molar-refractivity contribution is 0.413. The van der Waals surface area contributed by atoms with E-state index in [0.717, 1.165) is 40.8 Å². The largest absolute Gasteiger partial charge is 0.508 e. The Morgan fingerprint density at radius 1 is 0.500 bits per heavy atom. The number of phenolic OH excluding ortho intramolecular Hbond substituents is 4. The van der Waals surface area contributed by atoms with Crippen LogP contribution in [0.3, 0.4) is 0 Å². The summed E-state index contributed by atoms with van der Waals surface area (Å²) in [6.45, 7) is 0. The van der Waals surface area contributed by atoms with Crippen molar-refractivity contribution in [3.8, 4) is 28.7 Å². The molecule has 0 aromatic heterocycles. The van der Waals surface area contributed by atoms with Crippen LogP contribution >= 0.6 is 0 Å². The Morgan fingerprint density at radius 2 is 0.821 bits per heavy atom. The molecule has 0 aliphatic heterocycles. The summed E-state index contributed by atoms with van der Waals surface area (Å²) in [4.78, 5) is 0. The molecule has 0 atom stereocenters. The summed E-state index contributed by atoms with van der Waals surface area (Å²) in [5, 5.41) is 38.5. The predicted octanol–water partition coefficient (Wildman–Crippen LogP) is 4.09. The van der Waals surface area contributed by atoms with Gasteiger partial charge in [-0.15, -0.1) is 0 Å². The van der Waals surface area contributed by atoms with E-state index in [0.29, 0.717) is 12.8 Å². The second-order valence-corrected chi connectivity index (χ2v) is 6.90. The summed E-state index contributed by atoms with van der Waals surface area (Å²) in [6.07, 6.45) is 2.82. The zero-order chi connectivity index (χ0) is 20.1. The molecule has 5 heteroatoms. The van der Waals surface area contributed by atoms with Crippen LogP contribution in [0, 0.1) is 0 Å². The van der Waals surface area contributed by atoms with Crippen LogP contribution in [0.15, 0.2) is 54.6 Å². The SMILES string of the molecule is COc1cc(CCc2cc(O)cc(O)c2)cc(CCc2cc(O)cc(O)c2)c1. The van der Waals surface area contributed by atoms with Crippen molar-refractivity contribution in [2.75, 3.05) is 7.11 Å². The van der Waals surface area contributed by atoms with Crippen LogP contribution in [0.25, 0.3) is 0 Å². The van der Waals surface area contributed by atoms with Gasteiger partial charge < -0.3 is 25.2 Å². The van der Waals surface area contributed by atoms with Gasteiger partial charge in [0.15, 0.2) is 0 Å². The van der Waals surface area contributed by atoms with Crippen LogP contribution in [0.2, 0.25) is 0 Å². The number of phenols is 4. The van der Waals surface area contributed by atoms with Gasteiger partial charge in [-0.25, -0.2) is 0 Å². The standard InChI is InChI=1S/C23H24O5/c1-28-23-11-15(2-4-17-7-19(24)13-20(25)8-17)6-16(12-23)3-5-18-9-21(26)14-22(27)10-18/h6-14,24-27H,2-5H2,1H3. The van der Waals surface area contributed by atoms with Gasteiger partial charge in [0.2, 0.25) is 0 Å². The zero-order valence-electron chi connectivity index (χ0n) is 15.7. The van der Waals surface area contributed by atoms with E-state index >= 15 is 0 Å². The Labute approximate surface area is 164 Å². The Morgan fingerprint density at radius 3 is 1.14 bits per heavy atom. The van der Waals surface area contributed by atoms with Crippen molar-refractivity contribution in [3.63, 3.8) is 0 Å². The minimum atomic E-state index is 0.0516. The van der Waals surface area contributed by atoms with E-state index in [4.69, 9.17) is 4.74 Å². The van der Waals surface area contributed by atoms with Gasteiger partial charge in [-0.2, -0.15) is 0 Å². The van der Waals surface area contributed by atoms with Gasteiger partial charge in [0.25, 0.3) is 0 Å². The molecule has 0 radical (unpaired) electrons. The van der Waals surface area contributed by atoms with E-state index in [-0.39, 0.29) is 23.0 Å². The third-order valence-electron chi connectivity index (χ3n) is 4.59. The average Bonchev–Trinajstić information content (AvgIpc) is 2.63. The highest BCUT2D eigenvalue weighted by atomic mass is 16.5. The molecule has 3 aromatic carbocycles. The molecule has 0 unspecified atom stereocenters. The fourth-order valence-electron chi connectivity index (χ4n) is 3.31. The van der Waals surface area contributed by atoms with Crippen molar-refractivity contribution < 1.29 is 25.2 Å². The second-order valence-electron chi connectivity index (χ2n) is 6.90. The number of aromatic hydroxyl groups is 4. The molecule has 0 amide bonds. The van der Waals surface area contributed by atoms with Crippen molar-refractivity contribution in [2.24, 2.45) is 0 Å². The molecule has 0 saturated carbocycles. The molecule has 3 rings (SSSR count). The Balaban J connectivity index is 1.72. The summed E-state index contributed by atoms with van der Waals surface area (Å²) in [6, 6.07) is 15.3. The lowest BCUT2D eigenvalue weighted by Crippen LogP contribution is -1.97. The van der Waals surface area contributed by atoms with Gasteiger partial charge in [0.05, 0.1) is 7.11 Å². The molecule has 0 spiro atoms. The molecule has 0 bridgehead atoms. The predicted molar refractivity (Wildman–Crippen MR) is 107 cm³/mol. The molecule has 0 heterocycles. The molecule has 28 heavy (non-hydrogen) atoms. The minimum Gasteiger partial charge on any atom is -0.508 e. The lowest BCUT2D eigenvalue weighted by Gasteiger charge is -2.10. The number of methoxy groups -OCH3 is 1. The van der Waals surface area contributed by atoms with E-state index in [1.165, 1.54) is 12.1 Å². The first-order chi connectivity index (χ1) is 13.4. The van der Waals surface area contributed by atoms with Gasteiger partial charge in [-0.05, 0) is 84.3 Å². The number of benzene rings is 3. The van der Waals surface area contributed by atoms with Gasteiger partial charge in [-0.3, -0.25) is 0 Å². The van der Waals surface area contributed by atoms with Crippen LogP contribution in [0.4, 0.5) is 0 Å². The maximum Gasteiger partial charge on any atom is 0.119 e. The molecular formula is C23H24O5. The van der Waals surface area contributed by atoms with Crippen molar-refractivity contribution in [2.45, 2.75) is 25.7 Å². The number of rotatable bonds is 7. The fourth-order valence-corrected chi connectivity index (χ4v) is 3.31. The first kappa shape index (κ1) is 19.4. The maximum absolute atomic E-state index is 9.62. The average molecular weight is 380 g/mol. The summed E-state index contributed by atoms with van der Waals surface area (Å²) < 4.78 is 5.42. The minimum absolute atomic E-state index is 0.0516. The Hall–Kier alpha value is -3.34. The first-order valence-electron chi connectivity index (χ1n) is 9.12. The highest BCUT2D eigenvalue weighted by Gasteiger charge is 2.06. The molecule has 5 nitrogen and oxygen atoms in total. The van der Waals surface area contributed by atoms with Gasteiger partial charge >= 0.3 is 0 Å². The van der Waals surface area contributed by atoms with Crippen LogP contribution in [-0.2, 0) is 25.7 Å². The van der Waals surface area contributed by atoms with Crippen molar-refractivity contribution in [3.05, 3.63) is 76.9 Å². The Bertz CT molecular complexity index is 851. The van der Waals surface area contributed by atoms with Gasteiger partial charge in [0.1, 0.15) is 28.7 Å².